The van der Waals surface area contributed by atoms with Crippen molar-refractivity contribution in [1.29, 1.82) is 0 Å². The zero-order chi connectivity index (χ0) is 13.6. The highest BCUT2D eigenvalue weighted by Crippen LogP contribution is 2.16. The highest BCUT2D eigenvalue weighted by molar-refractivity contribution is 7.88. The van der Waals surface area contributed by atoms with Crippen LogP contribution in [-0.2, 0) is 15.8 Å². The molecule has 18 heavy (non-hydrogen) atoms. The van der Waals surface area contributed by atoms with Gasteiger partial charge in [-0.15, -0.1) is 0 Å². The van der Waals surface area contributed by atoms with E-state index in [4.69, 9.17) is 5.73 Å². The fourth-order valence-electron chi connectivity index (χ4n) is 1.88. The summed E-state index contributed by atoms with van der Waals surface area (Å²) in [5.41, 5.74) is 5.96. The number of hydrogen-bond donors (Lipinski definition) is 2. The summed E-state index contributed by atoms with van der Waals surface area (Å²) in [7, 11) is -3.36. The third kappa shape index (κ3) is 4.08. The molecule has 5 heteroatoms. The van der Waals surface area contributed by atoms with Crippen LogP contribution in [0.25, 0.3) is 0 Å². The maximum absolute atomic E-state index is 12.1. The van der Waals surface area contributed by atoms with Gasteiger partial charge in [0.1, 0.15) is 0 Å². The van der Waals surface area contributed by atoms with Crippen molar-refractivity contribution in [3.8, 4) is 0 Å². The lowest BCUT2D eigenvalue weighted by Crippen LogP contribution is -2.53. The van der Waals surface area contributed by atoms with Gasteiger partial charge in [-0.05, 0) is 18.4 Å². The minimum Gasteiger partial charge on any atom is -0.329 e. The standard InChI is InChI=1S/C13H22N2O2S/c1-3-13(4-2,11-14)15-18(16,17)10-12-8-6-5-7-9-12/h5-9,15H,3-4,10-11,14H2,1-2H3. The number of sulfonamides is 1. The van der Waals surface area contributed by atoms with Crippen molar-refractivity contribution in [3.63, 3.8) is 0 Å². The van der Waals surface area contributed by atoms with E-state index in [9.17, 15) is 8.42 Å². The zero-order valence-electron chi connectivity index (χ0n) is 11.0. The van der Waals surface area contributed by atoms with Gasteiger partial charge < -0.3 is 5.73 Å². The molecule has 0 fully saturated rings. The summed E-state index contributed by atoms with van der Waals surface area (Å²) >= 11 is 0. The van der Waals surface area contributed by atoms with E-state index in [0.717, 1.165) is 5.56 Å². The molecule has 1 aromatic rings. The summed E-state index contributed by atoms with van der Waals surface area (Å²) in [5, 5.41) is 0. The maximum Gasteiger partial charge on any atom is 0.216 e. The molecule has 0 atom stereocenters. The van der Waals surface area contributed by atoms with Crippen LogP contribution in [0.3, 0.4) is 0 Å². The molecule has 0 aliphatic heterocycles. The first-order valence-electron chi connectivity index (χ1n) is 6.22. The fourth-order valence-corrected chi connectivity index (χ4v) is 3.62. The van der Waals surface area contributed by atoms with E-state index in [1.807, 2.05) is 32.0 Å². The number of hydrogen-bond acceptors (Lipinski definition) is 3. The van der Waals surface area contributed by atoms with Gasteiger partial charge in [0.2, 0.25) is 10.0 Å². The van der Waals surface area contributed by atoms with Gasteiger partial charge >= 0.3 is 0 Å². The first kappa shape index (κ1) is 15.1. The Kier molecular flexibility index (Phi) is 5.31. The van der Waals surface area contributed by atoms with E-state index in [0.29, 0.717) is 19.4 Å². The molecule has 1 aromatic carbocycles. The number of nitrogens with one attached hydrogen (secondary N) is 1. The molecule has 0 bridgehead atoms. The highest BCUT2D eigenvalue weighted by Gasteiger charge is 2.29. The van der Waals surface area contributed by atoms with Gasteiger partial charge in [-0.2, -0.15) is 0 Å². The molecular weight excluding hydrogens is 248 g/mol. The van der Waals surface area contributed by atoms with Crippen molar-refractivity contribution >= 4 is 10.0 Å². The van der Waals surface area contributed by atoms with Crippen LogP contribution < -0.4 is 10.5 Å². The monoisotopic (exact) mass is 270 g/mol. The van der Waals surface area contributed by atoms with E-state index in [2.05, 4.69) is 4.72 Å². The molecule has 0 amide bonds. The topological polar surface area (TPSA) is 72.2 Å². The normalized spacial score (nSPS) is 12.6. The molecule has 0 spiro atoms. The SMILES string of the molecule is CCC(CC)(CN)NS(=O)(=O)Cc1ccccc1. The minimum absolute atomic E-state index is 0.00438. The second-order valence-corrected chi connectivity index (χ2v) is 6.26. The zero-order valence-corrected chi connectivity index (χ0v) is 11.8. The molecule has 0 saturated carbocycles. The van der Waals surface area contributed by atoms with Crippen LogP contribution in [0.15, 0.2) is 30.3 Å². The molecule has 0 heterocycles. The molecule has 3 N–H and O–H groups in total. The van der Waals surface area contributed by atoms with Crippen molar-refractivity contribution in [1.82, 2.24) is 4.72 Å². The van der Waals surface area contributed by atoms with Crippen LogP contribution in [0.4, 0.5) is 0 Å². The molecule has 0 aromatic heterocycles. The Morgan fingerprint density at radius 1 is 1.17 bits per heavy atom. The summed E-state index contributed by atoms with van der Waals surface area (Å²) < 4.78 is 27.0. The van der Waals surface area contributed by atoms with Gasteiger partial charge in [-0.25, -0.2) is 13.1 Å². The first-order valence-corrected chi connectivity index (χ1v) is 7.88. The van der Waals surface area contributed by atoms with Crippen molar-refractivity contribution in [3.05, 3.63) is 35.9 Å². The lowest BCUT2D eigenvalue weighted by Gasteiger charge is -2.31. The Bertz CT molecular complexity index is 445. The smallest absolute Gasteiger partial charge is 0.216 e. The Morgan fingerprint density at radius 3 is 2.17 bits per heavy atom. The van der Waals surface area contributed by atoms with E-state index < -0.39 is 15.6 Å². The van der Waals surface area contributed by atoms with Crippen LogP contribution in [0.5, 0.6) is 0 Å². The molecule has 0 unspecified atom stereocenters. The number of rotatable bonds is 7. The van der Waals surface area contributed by atoms with Gasteiger partial charge in [0.15, 0.2) is 0 Å². The molecule has 0 radical (unpaired) electrons. The molecule has 102 valence electrons. The third-order valence-corrected chi connectivity index (χ3v) is 4.77. The Labute approximate surface area is 110 Å². The summed E-state index contributed by atoms with van der Waals surface area (Å²) in [5.74, 6) is -0.00438. The largest absolute Gasteiger partial charge is 0.329 e. The van der Waals surface area contributed by atoms with Gasteiger partial charge in [0, 0.05) is 12.1 Å². The predicted molar refractivity (Wildman–Crippen MR) is 74.6 cm³/mol. The summed E-state index contributed by atoms with van der Waals surface area (Å²) in [4.78, 5) is 0. The van der Waals surface area contributed by atoms with E-state index >= 15 is 0 Å². The van der Waals surface area contributed by atoms with Crippen LogP contribution in [0.1, 0.15) is 32.3 Å². The van der Waals surface area contributed by atoms with E-state index in [1.54, 1.807) is 12.1 Å². The number of benzene rings is 1. The Balaban J connectivity index is 2.82. The molecule has 4 nitrogen and oxygen atoms in total. The van der Waals surface area contributed by atoms with Crippen LogP contribution in [0.2, 0.25) is 0 Å². The second kappa shape index (κ2) is 6.31. The average molecular weight is 270 g/mol. The molecule has 0 aliphatic carbocycles. The van der Waals surface area contributed by atoms with Crippen molar-refractivity contribution in [2.45, 2.75) is 38.0 Å². The van der Waals surface area contributed by atoms with Crippen molar-refractivity contribution < 1.29 is 8.42 Å². The first-order chi connectivity index (χ1) is 8.47. The Hall–Kier alpha value is -0.910. The van der Waals surface area contributed by atoms with Crippen LogP contribution in [0, 0.1) is 0 Å². The lowest BCUT2D eigenvalue weighted by atomic mass is 9.95. The van der Waals surface area contributed by atoms with Gasteiger partial charge in [-0.1, -0.05) is 44.2 Å². The van der Waals surface area contributed by atoms with Gasteiger partial charge in [0.05, 0.1) is 5.75 Å². The quantitative estimate of drug-likeness (QED) is 0.791. The van der Waals surface area contributed by atoms with Gasteiger partial charge in [0.25, 0.3) is 0 Å². The summed E-state index contributed by atoms with van der Waals surface area (Å²) in [6, 6.07) is 9.15. The summed E-state index contributed by atoms with van der Waals surface area (Å²) in [6.07, 6.45) is 1.38. The van der Waals surface area contributed by atoms with E-state index in [1.165, 1.54) is 0 Å². The molecule has 0 aliphatic rings. The van der Waals surface area contributed by atoms with E-state index in [-0.39, 0.29) is 5.75 Å². The van der Waals surface area contributed by atoms with Crippen molar-refractivity contribution in [2.75, 3.05) is 6.54 Å². The minimum atomic E-state index is -3.36. The average Bonchev–Trinajstić information content (AvgIpc) is 2.37. The second-order valence-electron chi connectivity index (χ2n) is 4.54. The maximum atomic E-state index is 12.1. The fraction of sp³-hybridized carbons (Fsp3) is 0.538. The summed E-state index contributed by atoms with van der Waals surface area (Å²) in [6.45, 7) is 4.21. The van der Waals surface area contributed by atoms with Crippen LogP contribution in [-0.4, -0.2) is 20.5 Å². The number of nitrogens with two attached hydrogens (primary N) is 1. The predicted octanol–water partition coefficient (Wildman–Crippen LogP) is 1.62. The van der Waals surface area contributed by atoms with Gasteiger partial charge in [-0.3, -0.25) is 0 Å². The third-order valence-electron chi connectivity index (χ3n) is 3.32. The van der Waals surface area contributed by atoms with Crippen LogP contribution >= 0.6 is 0 Å². The molecule has 0 saturated heterocycles. The Morgan fingerprint density at radius 2 is 1.72 bits per heavy atom. The molecular formula is C13H22N2O2S. The lowest BCUT2D eigenvalue weighted by molar-refractivity contribution is 0.363. The molecule has 1 rings (SSSR count). The highest BCUT2D eigenvalue weighted by atomic mass is 32.2. The van der Waals surface area contributed by atoms with Crippen molar-refractivity contribution in [2.24, 2.45) is 5.73 Å².